The van der Waals surface area contributed by atoms with Gasteiger partial charge in [-0.3, -0.25) is 14.4 Å². The molecule has 6 heteroatoms. The third kappa shape index (κ3) is 65.6. The number of unbranched alkanes of at least 4 members (excludes halogenated alkanes) is 19. The Hall–Kier alpha value is -5.23. The van der Waals surface area contributed by atoms with Crippen LogP contribution in [-0.4, -0.2) is 37.2 Å². The Morgan fingerprint density at radius 3 is 0.756 bits per heavy atom. The average Bonchev–Trinajstić information content (AvgIpc) is 3.47. The standard InChI is InChI=1S/C76H120O6/c1-4-7-10-13-16-19-22-25-28-31-34-36-37-38-39-41-42-45-48-51-54-57-60-63-66-69-75(78)81-72-73(71-80-74(77)68-65-62-59-56-53-50-47-44-33-30-27-24-21-18-15-12-9-6-3)82-76(79)70-67-64-61-58-55-52-49-46-43-40-35-32-29-26-23-20-17-14-11-8-5-2/h7-8,10-11,16-17,19-21,24-26,28-30,33-36,38-40,42,45-46,49,51,54,73H,4-6,9,12-15,18,22-23,27,31-32,37,41,43-44,47-48,50,52-53,55-72H2,1-3H3/b10-7-,11-8-,19-16-,20-17-,24-21-,28-25-,29-26-,33-30-,36-34-,39-38-,40-35-,45-42-,49-46-,54-51-. The van der Waals surface area contributed by atoms with Crippen LogP contribution in [0.3, 0.4) is 0 Å². The van der Waals surface area contributed by atoms with Crippen LogP contribution in [0, 0.1) is 0 Å². The van der Waals surface area contributed by atoms with Gasteiger partial charge in [0.1, 0.15) is 13.2 Å². The maximum absolute atomic E-state index is 12.9. The van der Waals surface area contributed by atoms with Crippen molar-refractivity contribution < 1.29 is 28.6 Å². The highest BCUT2D eigenvalue weighted by atomic mass is 16.6. The van der Waals surface area contributed by atoms with E-state index in [9.17, 15) is 14.4 Å². The largest absolute Gasteiger partial charge is 0.462 e. The van der Waals surface area contributed by atoms with Gasteiger partial charge in [0.05, 0.1) is 0 Å². The van der Waals surface area contributed by atoms with E-state index in [1.54, 1.807) is 0 Å². The molecule has 1 atom stereocenters. The highest BCUT2D eigenvalue weighted by Crippen LogP contribution is 2.14. The van der Waals surface area contributed by atoms with Gasteiger partial charge in [0, 0.05) is 19.3 Å². The molecule has 6 nitrogen and oxygen atoms in total. The number of allylic oxidation sites excluding steroid dienone is 28. The van der Waals surface area contributed by atoms with Gasteiger partial charge in [0.15, 0.2) is 6.10 Å². The molecule has 0 spiro atoms. The summed E-state index contributed by atoms with van der Waals surface area (Å²) in [5.41, 5.74) is 0. The molecule has 0 saturated heterocycles. The van der Waals surface area contributed by atoms with Crippen molar-refractivity contribution in [1.29, 1.82) is 0 Å². The van der Waals surface area contributed by atoms with Crippen molar-refractivity contribution in [2.24, 2.45) is 0 Å². The second-order valence-electron chi connectivity index (χ2n) is 21.3. The van der Waals surface area contributed by atoms with Crippen LogP contribution in [0.5, 0.6) is 0 Å². The number of carbonyl (C=O) groups excluding carboxylic acids is 3. The fourth-order valence-electron chi connectivity index (χ4n) is 8.54. The normalized spacial score (nSPS) is 13.3. The first-order chi connectivity index (χ1) is 40.5. The summed E-state index contributed by atoms with van der Waals surface area (Å²) >= 11 is 0. The summed E-state index contributed by atoms with van der Waals surface area (Å²) in [6.45, 7) is 6.35. The average molecular weight is 1130 g/mol. The van der Waals surface area contributed by atoms with Gasteiger partial charge in [-0.2, -0.15) is 0 Å². The summed E-state index contributed by atoms with van der Waals surface area (Å²) in [4.78, 5) is 38.4. The molecule has 0 radical (unpaired) electrons. The van der Waals surface area contributed by atoms with Gasteiger partial charge in [-0.1, -0.05) is 268 Å². The Morgan fingerprint density at radius 1 is 0.256 bits per heavy atom. The molecule has 0 N–H and O–H groups in total. The van der Waals surface area contributed by atoms with Gasteiger partial charge in [-0.15, -0.1) is 0 Å². The third-order valence-corrected chi connectivity index (χ3v) is 13.4. The van der Waals surface area contributed by atoms with Crippen molar-refractivity contribution in [1.82, 2.24) is 0 Å². The molecule has 0 fully saturated rings. The molecule has 0 aromatic rings. The molecule has 0 rings (SSSR count). The van der Waals surface area contributed by atoms with Gasteiger partial charge >= 0.3 is 17.9 Å². The molecular formula is C76H120O6. The second kappa shape index (κ2) is 68.3. The predicted molar refractivity (Wildman–Crippen MR) is 357 cm³/mol. The first-order valence-electron chi connectivity index (χ1n) is 33.1. The summed E-state index contributed by atoms with van der Waals surface area (Å²) in [5, 5.41) is 0. The Labute approximate surface area is 504 Å². The van der Waals surface area contributed by atoms with E-state index in [2.05, 4.69) is 191 Å². The Bertz CT molecular complexity index is 1870. The smallest absolute Gasteiger partial charge is 0.306 e. The lowest BCUT2D eigenvalue weighted by molar-refractivity contribution is -0.167. The highest BCUT2D eigenvalue weighted by Gasteiger charge is 2.19. The quantitative estimate of drug-likeness (QED) is 0.0261. The van der Waals surface area contributed by atoms with Crippen LogP contribution >= 0.6 is 0 Å². The maximum Gasteiger partial charge on any atom is 0.306 e. The predicted octanol–water partition coefficient (Wildman–Crippen LogP) is 23.0. The topological polar surface area (TPSA) is 78.9 Å². The lowest BCUT2D eigenvalue weighted by atomic mass is 10.1. The number of carbonyl (C=O) groups is 3. The van der Waals surface area contributed by atoms with Crippen molar-refractivity contribution in [3.63, 3.8) is 0 Å². The van der Waals surface area contributed by atoms with Gasteiger partial charge in [0.25, 0.3) is 0 Å². The van der Waals surface area contributed by atoms with E-state index in [-0.39, 0.29) is 37.5 Å². The molecule has 0 bridgehead atoms. The third-order valence-electron chi connectivity index (χ3n) is 13.4. The van der Waals surface area contributed by atoms with Crippen molar-refractivity contribution in [2.75, 3.05) is 13.2 Å². The lowest BCUT2D eigenvalue weighted by Crippen LogP contribution is -2.30. The monoisotopic (exact) mass is 1130 g/mol. The van der Waals surface area contributed by atoms with E-state index >= 15 is 0 Å². The minimum atomic E-state index is -0.818. The fraction of sp³-hybridized carbons (Fsp3) is 0.592. The van der Waals surface area contributed by atoms with E-state index in [0.29, 0.717) is 12.8 Å². The van der Waals surface area contributed by atoms with Gasteiger partial charge in [-0.05, 0) is 154 Å². The van der Waals surface area contributed by atoms with Gasteiger partial charge in [0.2, 0.25) is 0 Å². The maximum atomic E-state index is 12.9. The van der Waals surface area contributed by atoms with Crippen molar-refractivity contribution in [2.45, 2.75) is 277 Å². The SMILES string of the molecule is CC/C=C\C/C=C\C/C=C\C/C=C\C/C=C\C/C=C\C/C=C\CCCCCC(=O)OCC(COC(=O)CCCCCCCCC/C=C\C/C=C\CCCCCC)OC(=O)CCCCCCC/C=C\C/C=C\C/C=C\C/C=C\C/C=C\CC. The lowest BCUT2D eigenvalue weighted by Gasteiger charge is -2.18. The molecule has 0 aliphatic heterocycles. The van der Waals surface area contributed by atoms with Crippen molar-refractivity contribution in [3.8, 4) is 0 Å². The molecule has 1 unspecified atom stereocenters. The Kier molecular flexibility index (Phi) is 63.9. The van der Waals surface area contributed by atoms with E-state index in [0.717, 1.165) is 173 Å². The fourth-order valence-corrected chi connectivity index (χ4v) is 8.54. The van der Waals surface area contributed by atoms with Crippen molar-refractivity contribution in [3.05, 3.63) is 170 Å². The van der Waals surface area contributed by atoms with E-state index in [4.69, 9.17) is 14.2 Å². The molecule has 0 aromatic heterocycles. The van der Waals surface area contributed by atoms with Crippen LogP contribution in [0.15, 0.2) is 170 Å². The molecule has 0 amide bonds. The minimum Gasteiger partial charge on any atom is -0.462 e. The van der Waals surface area contributed by atoms with Crippen LogP contribution in [-0.2, 0) is 28.6 Å². The molecule has 0 aliphatic carbocycles. The highest BCUT2D eigenvalue weighted by molar-refractivity contribution is 5.71. The number of ether oxygens (including phenoxy) is 3. The summed E-state index contributed by atoms with van der Waals surface area (Å²) in [6, 6.07) is 0. The molecule has 460 valence electrons. The first-order valence-corrected chi connectivity index (χ1v) is 33.1. The number of hydrogen-bond donors (Lipinski definition) is 0. The summed E-state index contributed by atoms with van der Waals surface area (Å²) in [6.07, 6.45) is 101. The summed E-state index contributed by atoms with van der Waals surface area (Å²) in [7, 11) is 0. The van der Waals surface area contributed by atoms with E-state index in [1.165, 1.54) is 57.8 Å². The van der Waals surface area contributed by atoms with Crippen molar-refractivity contribution >= 4 is 17.9 Å². The number of hydrogen-bond acceptors (Lipinski definition) is 6. The van der Waals surface area contributed by atoms with Crippen LogP contribution in [0.2, 0.25) is 0 Å². The molecular weight excluding hydrogens is 1010 g/mol. The van der Waals surface area contributed by atoms with Crippen LogP contribution < -0.4 is 0 Å². The zero-order valence-corrected chi connectivity index (χ0v) is 52.7. The van der Waals surface area contributed by atoms with Crippen LogP contribution in [0.25, 0.3) is 0 Å². The zero-order chi connectivity index (χ0) is 59.2. The second-order valence-corrected chi connectivity index (χ2v) is 21.3. The molecule has 82 heavy (non-hydrogen) atoms. The van der Waals surface area contributed by atoms with Crippen LogP contribution in [0.4, 0.5) is 0 Å². The Balaban J connectivity index is 4.54. The first kappa shape index (κ1) is 76.8. The van der Waals surface area contributed by atoms with Gasteiger partial charge < -0.3 is 14.2 Å². The minimum absolute atomic E-state index is 0.109. The van der Waals surface area contributed by atoms with Crippen LogP contribution in [0.1, 0.15) is 271 Å². The van der Waals surface area contributed by atoms with Gasteiger partial charge in [-0.25, -0.2) is 0 Å². The zero-order valence-electron chi connectivity index (χ0n) is 52.7. The molecule has 0 heterocycles. The Morgan fingerprint density at radius 2 is 0.476 bits per heavy atom. The summed E-state index contributed by atoms with van der Waals surface area (Å²) < 4.78 is 16.9. The molecule has 0 aliphatic rings. The molecule has 0 aromatic carbocycles. The number of esters is 3. The van der Waals surface area contributed by atoms with E-state index in [1.807, 2.05) is 0 Å². The molecule has 0 saturated carbocycles. The van der Waals surface area contributed by atoms with E-state index < -0.39 is 6.10 Å². The number of rotatable bonds is 58. The summed E-state index contributed by atoms with van der Waals surface area (Å²) in [5.74, 6) is -0.972.